The summed E-state index contributed by atoms with van der Waals surface area (Å²) in [6.07, 6.45) is 1.51. The lowest BCUT2D eigenvalue weighted by Crippen LogP contribution is -1.91. The molecule has 1 atom stereocenters. The van der Waals surface area contributed by atoms with Crippen LogP contribution in [-0.4, -0.2) is 14.2 Å². The van der Waals surface area contributed by atoms with E-state index in [1.807, 2.05) is 0 Å². The van der Waals surface area contributed by atoms with Crippen LogP contribution < -0.4 is 0 Å². The van der Waals surface area contributed by atoms with Crippen molar-refractivity contribution >= 4 is 37.7 Å². The summed E-state index contributed by atoms with van der Waals surface area (Å²) in [5, 5.41) is 11.5. The van der Waals surface area contributed by atoms with E-state index in [1.54, 1.807) is 6.07 Å². The molecule has 0 bridgehead atoms. The highest BCUT2D eigenvalue weighted by molar-refractivity contribution is 7.15. The van der Waals surface area contributed by atoms with Crippen LogP contribution in [-0.2, 0) is 0 Å². The first-order valence-electron chi connectivity index (χ1n) is 3.66. The van der Waals surface area contributed by atoms with E-state index in [0.29, 0.717) is 10.9 Å². The van der Waals surface area contributed by atoms with Crippen molar-refractivity contribution in [1.82, 2.24) is 9.32 Å². The van der Waals surface area contributed by atoms with Crippen molar-refractivity contribution in [2.45, 2.75) is 0 Å². The molecule has 1 unspecified atom stereocenters. The first-order chi connectivity index (χ1) is 6.61. The summed E-state index contributed by atoms with van der Waals surface area (Å²) in [5.41, 5.74) is 0.668. The minimum atomic E-state index is -0.469. The first kappa shape index (κ1) is 9.37. The summed E-state index contributed by atoms with van der Waals surface area (Å²) in [6, 6.07) is 3.07. The van der Waals surface area contributed by atoms with Gasteiger partial charge in [-0.15, -0.1) is 0 Å². The molecule has 0 saturated heterocycles. The lowest BCUT2D eigenvalue weighted by molar-refractivity contribution is -0.389. The monoisotopic (exact) mass is 229 g/mol. The third-order valence-corrected chi connectivity index (χ3v) is 2.73. The zero-order valence-electron chi connectivity index (χ0n) is 6.85. The standard InChI is InChI=1S/C7H5ClN3O2P/c8-7-4-3-6(11(12)13)10(14)5(4)1-2-9-7/h1-3H,14H2. The Labute approximate surface area is 86.1 Å². The van der Waals surface area contributed by atoms with Crippen molar-refractivity contribution in [3.05, 3.63) is 33.6 Å². The molecule has 0 aliphatic heterocycles. The fraction of sp³-hybridized carbons (Fsp3) is 0. The maximum atomic E-state index is 10.6. The number of hydrogen-bond acceptors (Lipinski definition) is 3. The number of fused-ring (bicyclic) bond motifs is 1. The molecule has 0 spiro atoms. The van der Waals surface area contributed by atoms with Gasteiger partial charge in [0.05, 0.1) is 14.8 Å². The van der Waals surface area contributed by atoms with Gasteiger partial charge in [-0.05, 0) is 4.92 Å². The van der Waals surface area contributed by atoms with Crippen LogP contribution in [0.2, 0.25) is 5.15 Å². The average Bonchev–Trinajstić information content (AvgIpc) is 2.46. The number of pyridine rings is 1. The summed E-state index contributed by atoms with van der Waals surface area (Å²) in [5.74, 6) is -0.0279. The zero-order valence-corrected chi connectivity index (χ0v) is 8.76. The minimum Gasteiger partial charge on any atom is -0.358 e. The van der Waals surface area contributed by atoms with Crippen molar-refractivity contribution in [2.75, 3.05) is 0 Å². The third kappa shape index (κ3) is 1.25. The van der Waals surface area contributed by atoms with Crippen molar-refractivity contribution in [2.24, 2.45) is 0 Å². The Balaban J connectivity index is 2.86. The Morgan fingerprint density at radius 3 is 2.93 bits per heavy atom. The second-order valence-corrected chi connectivity index (χ2v) is 3.54. The Bertz CT molecular complexity index is 525. The number of aromatic nitrogens is 2. The van der Waals surface area contributed by atoms with Gasteiger partial charge < -0.3 is 10.1 Å². The predicted molar refractivity (Wildman–Crippen MR) is 56.5 cm³/mol. The smallest absolute Gasteiger partial charge is 0.326 e. The van der Waals surface area contributed by atoms with Gasteiger partial charge in [-0.3, -0.25) is 0 Å². The van der Waals surface area contributed by atoms with E-state index in [-0.39, 0.29) is 11.0 Å². The van der Waals surface area contributed by atoms with Gasteiger partial charge in [0.15, 0.2) is 0 Å². The van der Waals surface area contributed by atoms with Crippen LogP contribution in [0, 0.1) is 10.1 Å². The SMILES string of the molecule is O=[N+]([O-])c1cc2c(Cl)nccc2n1P. The van der Waals surface area contributed by atoms with Crippen molar-refractivity contribution < 1.29 is 4.92 Å². The van der Waals surface area contributed by atoms with Gasteiger partial charge in [0, 0.05) is 18.3 Å². The van der Waals surface area contributed by atoms with Gasteiger partial charge >= 0.3 is 5.82 Å². The Kier molecular flexibility index (Phi) is 2.13. The fourth-order valence-electron chi connectivity index (χ4n) is 1.24. The molecule has 0 saturated carbocycles. The highest BCUT2D eigenvalue weighted by Gasteiger charge is 2.17. The molecular formula is C7H5ClN3O2P. The molecule has 0 amide bonds. The predicted octanol–water partition coefficient (Wildman–Crippen LogP) is 2.24. The average molecular weight is 230 g/mol. The molecule has 0 N–H and O–H groups in total. The molecule has 5 nitrogen and oxygen atoms in total. The third-order valence-electron chi connectivity index (χ3n) is 1.89. The van der Waals surface area contributed by atoms with Crippen LogP contribution >= 0.6 is 21.0 Å². The molecule has 2 aromatic rings. The van der Waals surface area contributed by atoms with Crippen molar-refractivity contribution in [1.29, 1.82) is 0 Å². The number of nitrogens with zero attached hydrogens (tertiary/aromatic N) is 3. The Morgan fingerprint density at radius 2 is 2.36 bits per heavy atom. The van der Waals surface area contributed by atoms with E-state index in [2.05, 4.69) is 14.4 Å². The Morgan fingerprint density at radius 1 is 1.64 bits per heavy atom. The first-order valence-corrected chi connectivity index (χ1v) is 4.56. The Hall–Kier alpha value is -1.19. The molecular weight excluding hydrogens is 225 g/mol. The normalized spacial score (nSPS) is 10.7. The van der Waals surface area contributed by atoms with E-state index >= 15 is 0 Å². The molecule has 0 aromatic carbocycles. The zero-order chi connectivity index (χ0) is 10.3. The largest absolute Gasteiger partial charge is 0.358 e. The van der Waals surface area contributed by atoms with E-state index in [9.17, 15) is 10.1 Å². The molecule has 7 heteroatoms. The van der Waals surface area contributed by atoms with Crippen LogP contribution in [0.4, 0.5) is 5.82 Å². The van der Waals surface area contributed by atoms with Gasteiger partial charge in [0.25, 0.3) is 0 Å². The highest BCUT2D eigenvalue weighted by Crippen LogP contribution is 2.30. The molecule has 2 aromatic heterocycles. The van der Waals surface area contributed by atoms with E-state index in [1.165, 1.54) is 16.6 Å². The maximum absolute atomic E-state index is 10.6. The maximum Gasteiger partial charge on any atom is 0.326 e. The lowest BCUT2D eigenvalue weighted by atomic mass is 10.3. The molecule has 2 rings (SSSR count). The molecule has 14 heavy (non-hydrogen) atoms. The van der Waals surface area contributed by atoms with E-state index in [4.69, 9.17) is 11.6 Å². The van der Waals surface area contributed by atoms with Crippen LogP contribution in [0.5, 0.6) is 0 Å². The van der Waals surface area contributed by atoms with Gasteiger partial charge in [0.2, 0.25) is 0 Å². The molecule has 0 aliphatic rings. The van der Waals surface area contributed by atoms with E-state index < -0.39 is 4.92 Å². The number of nitro groups is 1. The topological polar surface area (TPSA) is 61.0 Å². The van der Waals surface area contributed by atoms with Crippen molar-refractivity contribution in [3.8, 4) is 0 Å². The second kappa shape index (κ2) is 3.19. The van der Waals surface area contributed by atoms with Crippen molar-refractivity contribution in [3.63, 3.8) is 0 Å². The van der Waals surface area contributed by atoms with Gasteiger partial charge in [-0.1, -0.05) is 11.6 Å². The van der Waals surface area contributed by atoms with Gasteiger partial charge in [0.1, 0.15) is 10.7 Å². The quantitative estimate of drug-likeness (QED) is 0.326. The van der Waals surface area contributed by atoms with Crippen LogP contribution in [0.25, 0.3) is 10.9 Å². The summed E-state index contributed by atoms with van der Waals surface area (Å²) in [7, 11) is 2.27. The number of rotatable bonds is 1. The lowest BCUT2D eigenvalue weighted by Gasteiger charge is -1.93. The van der Waals surface area contributed by atoms with Gasteiger partial charge in [-0.25, -0.2) is 9.32 Å². The molecule has 0 fully saturated rings. The molecule has 72 valence electrons. The number of hydrogen-bond donors (Lipinski definition) is 0. The fourth-order valence-corrected chi connectivity index (χ4v) is 1.85. The second-order valence-electron chi connectivity index (χ2n) is 2.66. The summed E-state index contributed by atoms with van der Waals surface area (Å²) in [4.78, 5) is 14.0. The highest BCUT2D eigenvalue weighted by atomic mass is 35.5. The minimum absolute atomic E-state index is 0.0279. The van der Waals surface area contributed by atoms with E-state index in [0.717, 1.165) is 0 Å². The summed E-state index contributed by atoms with van der Waals surface area (Å²) >= 11 is 5.79. The number of halogens is 1. The molecule has 0 aliphatic carbocycles. The molecule has 2 heterocycles. The summed E-state index contributed by atoms with van der Waals surface area (Å²) < 4.78 is 1.39. The van der Waals surface area contributed by atoms with Crippen LogP contribution in [0.1, 0.15) is 0 Å². The summed E-state index contributed by atoms with van der Waals surface area (Å²) in [6.45, 7) is 0. The van der Waals surface area contributed by atoms with Gasteiger partial charge in [-0.2, -0.15) is 0 Å². The van der Waals surface area contributed by atoms with Crippen LogP contribution in [0.15, 0.2) is 18.3 Å². The molecule has 0 radical (unpaired) electrons. The van der Waals surface area contributed by atoms with Crippen LogP contribution in [0.3, 0.4) is 0 Å².